The van der Waals surface area contributed by atoms with E-state index in [2.05, 4.69) is 5.32 Å². The van der Waals surface area contributed by atoms with Crippen LogP contribution in [-0.2, 0) is 6.54 Å². The molecule has 1 N–H and O–H groups in total. The molecule has 2 aromatic carbocycles. The molecule has 2 aromatic rings. The summed E-state index contributed by atoms with van der Waals surface area (Å²) in [6.45, 7) is 4.70. The zero-order chi connectivity index (χ0) is 15.2. The summed E-state index contributed by atoms with van der Waals surface area (Å²) in [4.78, 5) is 0. The van der Waals surface area contributed by atoms with Gasteiger partial charge in [-0.25, -0.2) is 0 Å². The smallest absolute Gasteiger partial charge is 0.161 e. The van der Waals surface area contributed by atoms with Gasteiger partial charge in [-0.05, 0) is 55.8 Å². The van der Waals surface area contributed by atoms with Gasteiger partial charge in [0, 0.05) is 17.3 Å². The highest BCUT2D eigenvalue weighted by Crippen LogP contribution is 2.29. The third-order valence-electron chi connectivity index (χ3n) is 2.93. The SMILES string of the molecule is COc1cc(CNc2ccc(Cl)cc2)ccc1OC(C)C. The first kappa shape index (κ1) is 15.5. The topological polar surface area (TPSA) is 30.5 Å². The summed E-state index contributed by atoms with van der Waals surface area (Å²) in [5, 5.41) is 4.08. The fourth-order valence-electron chi connectivity index (χ4n) is 1.95. The van der Waals surface area contributed by atoms with Crippen molar-refractivity contribution in [2.24, 2.45) is 0 Å². The van der Waals surface area contributed by atoms with Crippen molar-refractivity contribution in [3.8, 4) is 11.5 Å². The molecule has 112 valence electrons. The van der Waals surface area contributed by atoms with Crippen molar-refractivity contribution in [2.45, 2.75) is 26.5 Å². The van der Waals surface area contributed by atoms with Crippen LogP contribution in [0.1, 0.15) is 19.4 Å². The van der Waals surface area contributed by atoms with Gasteiger partial charge in [0.05, 0.1) is 13.2 Å². The number of benzene rings is 2. The zero-order valence-corrected chi connectivity index (χ0v) is 13.3. The van der Waals surface area contributed by atoms with Crippen molar-refractivity contribution in [2.75, 3.05) is 12.4 Å². The van der Waals surface area contributed by atoms with Crippen LogP contribution in [0.3, 0.4) is 0 Å². The van der Waals surface area contributed by atoms with E-state index in [0.29, 0.717) is 6.54 Å². The van der Waals surface area contributed by atoms with Gasteiger partial charge in [-0.3, -0.25) is 0 Å². The molecule has 21 heavy (non-hydrogen) atoms. The minimum Gasteiger partial charge on any atom is -0.493 e. The molecule has 0 heterocycles. The third kappa shape index (κ3) is 4.57. The Morgan fingerprint density at radius 1 is 1.05 bits per heavy atom. The molecule has 0 aliphatic rings. The van der Waals surface area contributed by atoms with E-state index in [9.17, 15) is 0 Å². The average Bonchev–Trinajstić information content (AvgIpc) is 2.47. The van der Waals surface area contributed by atoms with E-state index >= 15 is 0 Å². The number of nitrogens with one attached hydrogen (secondary N) is 1. The summed E-state index contributed by atoms with van der Waals surface area (Å²) in [7, 11) is 1.65. The van der Waals surface area contributed by atoms with Crippen molar-refractivity contribution < 1.29 is 9.47 Å². The largest absolute Gasteiger partial charge is 0.493 e. The van der Waals surface area contributed by atoms with Gasteiger partial charge < -0.3 is 14.8 Å². The molecule has 2 rings (SSSR count). The Labute approximate surface area is 130 Å². The number of hydrogen-bond acceptors (Lipinski definition) is 3. The van der Waals surface area contributed by atoms with Gasteiger partial charge in [0.25, 0.3) is 0 Å². The number of rotatable bonds is 6. The van der Waals surface area contributed by atoms with E-state index in [1.807, 2.05) is 56.3 Å². The Morgan fingerprint density at radius 2 is 1.76 bits per heavy atom. The summed E-state index contributed by atoms with van der Waals surface area (Å²) in [6.07, 6.45) is 0.122. The van der Waals surface area contributed by atoms with E-state index in [1.165, 1.54) is 0 Å². The monoisotopic (exact) mass is 305 g/mol. The maximum Gasteiger partial charge on any atom is 0.161 e. The van der Waals surface area contributed by atoms with Crippen molar-refractivity contribution in [3.05, 3.63) is 53.1 Å². The van der Waals surface area contributed by atoms with Gasteiger partial charge in [-0.2, -0.15) is 0 Å². The predicted octanol–water partition coefficient (Wildman–Crippen LogP) is 4.75. The molecule has 0 aliphatic heterocycles. The lowest BCUT2D eigenvalue weighted by molar-refractivity contribution is 0.230. The lowest BCUT2D eigenvalue weighted by atomic mass is 10.2. The first-order chi connectivity index (χ1) is 10.1. The van der Waals surface area contributed by atoms with Crippen molar-refractivity contribution in [1.82, 2.24) is 0 Å². The normalized spacial score (nSPS) is 10.5. The van der Waals surface area contributed by atoms with E-state index in [4.69, 9.17) is 21.1 Å². The summed E-state index contributed by atoms with van der Waals surface area (Å²) in [5.41, 5.74) is 2.15. The van der Waals surface area contributed by atoms with Crippen LogP contribution in [0.4, 0.5) is 5.69 Å². The van der Waals surface area contributed by atoms with Gasteiger partial charge in [-0.15, -0.1) is 0 Å². The number of methoxy groups -OCH3 is 1. The van der Waals surface area contributed by atoms with E-state index in [0.717, 1.165) is 27.8 Å². The molecule has 0 saturated carbocycles. The van der Waals surface area contributed by atoms with E-state index in [1.54, 1.807) is 7.11 Å². The van der Waals surface area contributed by atoms with Crippen molar-refractivity contribution in [1.29, 1.82) is 0 Å². The van der Waals surface area contributed by atoms with Crippen molar-refractivity contribution >= 4 is 17.3 Å². The summed E-state index contributed by atoms with van der Waals surface area (Å²) in [5.74, 6) is 1.52. The molecule has 0 saturated heterocycles. The van der Waals surface area contributed by atoms with Crippen molar-refractivity contribution in [3.63, 3.8) is 0 Å². The minimum absolute atomic E-state index is 0.122. The maximum atomic E-state index is 5.87. The number of halogens is 1. The lowest BCUT2D eigenvalue weighted by Crippen LogP contribution is -2.07. The molecule has 0 fully saturated rings. The molecule has 0 aromatic heterocycles. The molecule has 0 unspecified atom stereocenters. The Kier molecular flexibility index (Phi) is 5.34. The number of hydrogen-bond donors (Lipinski definition) is 1. The van der Waals surface area contributed by atoms with Crippen LogP contribution < -0.4 is 14.8 Å². The maximum absolute atomic E-state index is 5.87. The average molecular weight is 306 g/mol. The minimum atomic E-state index is 0.122. The molecule has 0 bridgehead atoms. The highest BCUT2D eigenvalue weighted by atomic mass is 35.5. The van der Waals surface area contributed by atoms with Gasteiger partial charge in [-0.1, -0.05) is 17.7 Å². The molecule has 0 aliphatic carbocycles. The number of ether oxygens (including phenoxy) is 2. The molecular weight excluding hydrogens is 286 g/mol. The second kappa shape index (κ2) is 7.23. The predicted molar refractivity (Wildman–Crippen MR) is 87.5 cm³/mol. The first-order valence-corrected chi connectivity index (χ1v) is 7.29. The van der Waals surface area contributed by atoms with Gasteiger partial charge in [0.15, 0.2) is 11.5 Å². The van der Waals surface area contributed by atoms with Crippen LogP contribution in [0.15, 0.2) is 42.5 Å². The molecule has 4 heteroatoms. The highest BCUT2D eigenvalue weighted by molar-refractivity contribution is 6.30. The lowest BCUT2D eigenvalue weighted by Gasteiger charge is -2.15. The second-order valence-electron chi connectivity index (χ2n) is 5.01. The molecule has 0 radical (unpaired) electrons. The van der Waals surface area contributed by atoms with E-state index in [-0.39, 0.29) is 6.10 Å². The fourth-order valence-corrected chi connectivity index (χ4v) is 2.07. The van der Waals surface area contributed by atoms with Crippen LogP contribution in [-0.4, -0.2) is 13.2 Å². The molecule has 3 nitrogen and oxygen atoms in total. The molecule has 0 spiro atoms. The van der Waals surface area contributed by atoms with Crippen LogP contribution in [0.2, 0.25) is 5.02 Å². The Morgan fingerprint density at radius 3 is 2.38 bits per heavy atom. The zero-order valence-electron chi connectivity index (χ0n) is 12.5. The summed E-state index contributed by atoms with van der Waals surface area (Å²) in [6, 6.07) is 13.6. The van der Waals surface area contributed by atoms with Gasteiger partial charge in [0.1, 0.15) is 0 Å². The second-order valence-corrected chi connectivity index (χ2v) is 5.45. The standard InChI is InChI=1S/C17H20ClNO2/c1-12(2)21-16-9-4-13(10-17(16)20-3)11-19-15-7-5-14(18)6-8-15/h4-10,12,19H,11H2,1-3H3. The van der Waals surface area contributed by atoms with E-state index < -0.39 is 0 Å². The molecular formula is C17H20ClNO2. The first-order valence-electron chi connectivity index (χ1n) is 6.91. The Bertz CT molecular complexity index is 582. The van der Waals surface area contributed by atoms with Crippen LogP contribution in [0.25, 0.3) is 0 Å². The fraction of sp³-hybridized carbons (Fsp3) is 0.294. The van der Waals surface area contributed by atoms with Crippen LogP contribution in [0, 0.1) is 0 Å². The summed E-state index contributed by atoms with van der Waals surface area (Å²) >= 11 is 5.87. The Hall–Kier alpha value is -1.87. The van der Waals surface area contributed by atoms with Gasteiger partial charge in [0.2, 0.25) is 0 Å². The summed E-state index contributed by atoms with van der Waals surface area (Å²) < 4.78 is 11.1. The van der Waals surface area contributed by atoms with Crippen LogP contribution in [0.5, 0.6) is 11.5 Å². The quantitative estimate of drug-likeness (QED) is 0.835. The highest BCUT2D eigenvalue weighted by Gasteiger charge is 2.07. The Balaban J connectivity index is 2.05. The van der Waals surface area contributed by atoms with Crippen LogP contribution >= 0.6 is 11.6 Å². The molecule has 0 atom stereocenters. The molecule has 0 amide bonds. The van der Waals surface area contributed by atoms with Gasteiger partial charge >= 0.3 is 0 Å². The third-order valence-corrected chi connectivity index (χ3v) is 3.18. The number of anilines is 1.